The van der Waals surface area contributed by atoms with Crippen LogP contribution in [0.15, 0.2) is 53.7 Å². The van der Waals surface area contributed by atoms with Crippen LogP contribution in [0.5, 0.6) is 0 Å². The number of nitrogens with two attached hydrogens (primary N) is 1. The minimum absolute atomic E-state index is 0.348. The molecule has 3 aromatic rings. The Labute approximate surface area is 158 Å². The molecule has 2 aromatic heterocycles. The number of nitrogens with one attached hydrogen (secondary N) is 1. The fourth-order valence-electron chi connectivity index (χ4n) is 2.77. The van der Waals surface area contributed by atoms with E-state index in [4.69, 9.17) is 10.5 Å². The highest BCUT2D eigenvalue weighted by Crippen LogP contribution is 2.15. The number of para-hydroxylation sites is 1. The van der Waals surface area contributed by atoms with Gasteiger partial charge in [-0.05, 0) is 37.6 Å². The molecule has 0 aliphatic heterocycles. The van der Waals surface area contributed by atoms with Gasteiger partial charge >= 0.3 is 0 Å². The molecule has 1 aromatic carbocycles. The number of aromatic nitrogens is 3. The van der Waals surface area contributed by atoms with Crippen molar-refractivity contribution in [1.82, 2.24) is 14.8 Å². The average Bonchev–Trinajstić information content (AvgIpc) is 3.00. The number of hydrogen-bond donors (Lipinski definition) is 2. The van der Waals surface area contributed by atoms with E-state index in [2.05, 4.69) is 20.4 Å². The molecule has 0 unspecified atom stereocenters. The second-order valence-electron chi connectivity index (χ2n) is 6.28. The summed E-state index contributed by atoms with van der Waals surface area (Å²) in [5, 5.41) is 7.57. The minimum Gasteiger partial charge on any atom is -0.380 e. The van der Waals surface area contributed by atoms with E-state index in [0.29, 0.717) is 19.1 Å². The SMILES string of the molecule is COCc1ccccc1NC(N)=NCc1ccc(-n2nc(C)cc2C)nc1. The van der Waals surface area contributed by atoms with Crippen LogP contribution in [0.4, 0.5) is 5.69 Å². The van der Waals surface area contributed by atoms with Crippen LogP contribution in [0.3, 0.4) is 0 Å². The molecule has 0 atom stereocenters. The van der Waals surface area contributed by atoms with Gasteiger partial charge < -0.3 is 15.8 Å². The van der Waals surface area contributed by atoms with E-state index in [1.807, 2.05) is 61.0 Å². The van der Waals surface area contributed by atoms with E-state index in [-0.39, 0.29) is 0 Å². The topological polar surface area (TPSA) is 90.3 Å². The highest BCUT2D eigenvalue weighted by Gasteiger charge is 2.05. The van der Waals surface area contributed by atoms with Crippen LogP contribution in [0.2, 0.25) is 0 Å². The predicted octanol–water partition coefficient (Wildman–Crippen LogP) is 2.96. The zero-order valence-electron chi connectivity index (χ0n) is 15.8. The van der Waals surface area contributed by atoms with Gasteiger partial charge in [0.05, 0.1) is 18.8 Å². The average molecular weight is 364 g/mol. The van der Waals surface area contributed by atoms with Gasteiger partial charge in [0.1, 0.15) is 0 Å². The van der Waals surface area contributed by atoms with Gasteiger partial charge in [-0.2, -0.15) is 5.10 Å². The third kappa shape index (κ3) is 4.71. The number of hydrogen-bond acceptors (Lipinski definition) is 4. The van der Waals surface area contributed by atoms with Crippen LogP contribution in [-0.2, 0) is 17.9 Å². The van der Waals surface area contributed by atoms with Gasteiger partial charge in [0.15, 0.2) is 11.8 Å². The Bertz CT molecular complexity index is 930. The van der Waals surface area contributed by atoms with Crippen molar-refractivity contribution in [2.75, 3.05) is 12.4 Å². The molecule has 0 saturated carbocycles. The molecule has 2 heterocycles. The van der Waals surface area contributed by atoms with Gasteiger partial charge in [-0.1, -0.05) is 24.3 Å². The number of guanidine groups is 1. The van der Waals surface area contributed by atoms with Crippen LogP contribution >= 0.6 is 0 Å². The first kappa shape index (κ1) is 18.6. The second kappa shape index (κ2) is 8.46. The summed E-state index contributed by atoms with van der Waals surface area (Å²) in [5.41, 5.74) is 10.9. The van der Waals surface area contributed by atoms with Crippen molar-refractivity contribution in [2.45, 2.75) is 27.0 Å². The molecular weight excluding hydrogens is 340 g/mol. The smallest absolute Gasteiger partial charge is 0.193 e. The Kier molecular flexibility index (Phi) is 5.83. The molecule has 0 amide bonds. The summed E-state index contributed by atoms with van der Waals surface area (Å²) >= 11 is 0. The number of benzene rings is 1. The number of ether oxygens (including phenoxy) is 1. The summed E-state index contributed by atoms with van der Waals surface area (Å²) in [6, 6.07) is 13.8. The van der Waals surface area contributed by atoms with Crippen molar-refractivity contribution in [1.29, 1.82) is 0 Å². The van der Waals surface area contributed by atoms with Gasteiger partial charge in [-0.25, -0.2) is 14.7 Å². The highest BCUT2D eigenvalue weighted by atomic mass is 16.5. The molecule has 7 nitrogen and oxygen atoms in total. The lowest BCUT2D eigenvalue weighted by Gasteiger charge is -2.11. The maximum atomic E-state index is 6.03. The Balaban J connectivity index is 1.66. The van der Waals surface area contributed by atoms with Crippen LogP contribution in [0.25, 0.3) is 5.82 Å². The molecule has 3 rings (SSSR count). The third-order valence-corrected chi connectivity index (χ3v) is 4.05. The van der Waals surface area contributed by atoms with Crippen LogP contribution in [0, 0.1) is 13.8 Å². The number of anilines is 1. The number of aryl methyl sites for hydroxylation is 2. The number of methoxy groups -OCH3 is 1. The highest BCUT2D eigenvalue weighted by molar-refractivity contribution is 5.92. The van der Waals surface area contributed by atoms with E-state index in [0.717, 1.165) is 34.0 Å². The zero-order chi connectivity index (χ0) is 19.2. The standard InChI is InChI=1S/C20H24N6O/c1-14-10-15(2)26(25-14)19-9-8-16(11-22-19)12-23-20(21)24-18-7-5-4-6-17(18)13-27-3/h4-11H,12-13H2,1-3H3,(H3,21,23,24). The number of rotatable bonds is 6. The maximum Gasteiger partial charge on any atom is 0.193 e. The first-order valence-electron chi connectivity index (χ1n) is 8.69. The van der Waals surface area contributed by atoms with Crippen molar-refractivity contribution in [3.05, 3.63) is 71.2 Å². The summed E-state index contributed by atoms with van der Waals surface area (Å²) in [6.07, 6.45) is 1.79. The normalized spacial score (nSPS) is 11.6. The minimum atomic E-state index is 0.348. The molecule has 7 heteroatoms. The largest absolute Gasteiger partial charge is 0.380 e. The lowest BCUT2D eigenvalue weighted by atomic mass is 10.2. The fourth-order valence-corrected chi connectivity index (χ4v) is 2.77. The summed E-state index contributed by atoms with van der Waals surface area (Å²) in [4.78, 5) is 8.87. The van der Waals surface area contributed by atoms with Gasteiger partial charge in [-0.3, -0.25) is 0 Å². The third-order valence-electron chi connectivity index (χ3n) is 4.05. The molecule has 27 heavy (non-hydrogen) atoms. The van der Waals surface area contributed by atoms with Crippen molar-refractivity contribution in [2.24, 2.45) is 10.7 Å². The van der Waals surface area contributed by atoms with Crippen LogP contribution in [-0.4, -0.2) is 27.8 Å². The predicted molar refractivity (Wildman–Crippen MR) is 107 cm³/mol. The molecule has 0 bridgehead atoms. The molecule has 0 spiro atoms. The van der Waals surface area contributed by atoms with Crippen LogP contribution in [0.1, 0.15) is 22.5 Å². The Morgan fingerprint density at radius 1 is 1.22 bits per heavy atom. The maximum absolute atomic E-state index is 6.03. The van der Waals surface area contributed by atoms with Crippen LogP contribution < -0.4 is 11.1 Å². The Morgan fingerprint density at radius 2 is 2.04 bits per heavy atom. The Morgan fingerprint density at radius 3 is 2.70 bits per heavy atom. The molecule has 0 saturated heterocycles. The molecule has 3 N–H and O–H groups in total. The Hall–Kier alpha value is -3.19. The second-order valence-corrected chi connectivity index (χ2v) is 6.28. The van der Waals surface area contributed by atoms with Crippen molar-refractivity contribution in [3.8, 4) is 5.82 Å². The molecule has 0 fully saturated rings. The number of aliphatic imine (C=N–C) groups is 1. The monoisotopic (exact) mass is 364 g/mol. The van der Waals surface area contributed by atoms with E-state index >= 15 is 0 Å². The van der Waals surface area contributed by atoms with Gasteiger partial charge in [-0.15, -0.1) is 0 Å². The summed E-state index contributed by atoms with van der Waals surface area (Å²) in [5.74, 6) is 1.13. The summed E-state index contributed by atoms with van der Waals surface area (Å²) in [6.45, 7) is 4.92. The first-order valence-corrected chi connectivity index (χ1v) is 8.69. The van der Waals surface area contributed by atoms with Crippen molar-refractivity contribution >= 4 is 11.6 Å². The first-order chi connectivity index (χ1) is 13.1. The molecule has 0 radical (unpaired) electrons. The van der Waals surface area contributed by atoms with E-state index < -0.39 is 0 Å². The molecular formula is C20H24N6O. The van der Waals surface area contributed by atoms with Gasteiger partial charge in [0.2, 0.25) is 0 Å². The van der Waals surface area contributed by atoms with Gasteiger partial charge in [0, 0.05) is 30.3 Å². The quantitative estimate of drug-likeness (QED) is 0.518. The number of pyridine rings is 1. The van der Waals surface area contributed by atoms with Gasteiger partial charge in [0.25, 0.3) is 0 Å². The zero-order valence-corrected chi connectivity index (χ0v) is 15.8. The van der Waals surface area contributed by atoms with Crippen molar-refractivity contribution < 1.29 is 4.74 Å². The lowest BCUT2D eigenvalue weighted by molar-refractivity contribution is 0.185. The molecule has 0 aliphatic carbocycles. The number of nitrogens with zero attached hydrogens (tertiary/aromatic N) is 4. The molecule has 140 valence electrons. The van der Waals surface area contributed by atoms with E-state index in [1.54, 1.807) is 13.3 Å². The molecule has 0 aliphatic rings. The fraction of sp³-hybridized carbons (Fsp3) is 0.250. The lowest BCUT2D eigenvalue weighted by Crippen LogP contribution is -2.23. The summed E-state index contributed by atoms with van der Waals surface area (Å²) in [7, 11) is 1.66. The van der Waals surface area contributed by atoms with Crippen molar-refractivity contribution in [3.63, 3.8) is 0 Å². The van der Waals surface area contributed by atoms with E-state index in [1.165, 1.54) is 0 Å². The summed E-state index contributed by atoms with van der Waals surface area (Å²) < 4.78 is 7.03. The van der Waals surface area contributed by atoms with E-state index in [9.17, 15) is 0 Å².